The summed E-state index contributed by atoms with van der Waals surface area (Å²) < 4.78 is 0.742. The van der Waals surface area contributed by atoms with Crippen molar-refractivity contribution in [1.29, 1.82) is 0 Å². The molecule has 18 heavy (non-hydrogen) atoms. The van der Waals surface area contributed by atoms with Crippen molar-refractivity contribution in [3.63, 3.8) is 0 Å². The van der Waals surface area contributed by atoms with Crippen molar-refractivity contribution in [3.8, 4) is 0 Å². The number of aliphatic hydroxyl groups is 1. The summed E-state index contributed by atoms with van der Waals surface area (Å²) in [6.45, 7) is 11.8. The number of hydrogen-bond donors (Lipinski definition) is 2. The van der Waals surface area contributed by atoms with Gasteiger partial charge in [0, 0.05) is 11.5 Å². The summed E-state index contributed by atoms with van der Waals surface area (Å²) in [5.74, 6) is 1.48. The smallest absolute Gasteiger partial charge is 0.137 e. The quantitative estimate of drug-likeness (QED) is 0.841. The van der Waals surface area contributed by atoms with Gasteiger partial charge in [-0.25, -0.2) is 9.97 Å². The lowest BCUT2D eigenvalue weighted by Gasteiger charge is -2.30. The number of anilines is 1. The van der Waals surface area contributed by atoms with Gasteiger partial charge in [-0.1, -0.05) is 20.8 Å². The van der Waals surface area contributed by atoms with Gasteiger partial charge in [-0.2, -0.15) is 0 Å². The van der Waals surface area contributed by atoms with Crippen molar-refractivity contribution in [2.24, 2.45) is 0 Å². The maximum Gasteiger partial charge on any atom is 0.137 e. The Kier molecular flexibility index (Phi) is 4.38. The average Bonchev–Trinajstić information content (AvgIpc) is 2.13. The zero-order valence-electron chi connectivity index (χ0n) is 11.9. The average molecular weight is 316 g/mol. The molecule has 0 aliphatic carbocycles. The maximum atomic E-state index is 9.72. The number of rotatable bonds is 3. The molecule has 0 radical (unpaired) electrons. The first-order valence-corrected chi connectivity index (χ1v) is 6.83. The zero-order valence-corrected chi connectivity index (χ0v) is 13.5. The van der Waals surface area contributed by atoms with Gasteiger partial charge in [0.15, 0.2) is 0 Å². The highest BCUT2D eigenvalue weighted by molar-refractivity contribution is 9.10. The molecule has 1 atom stereocenters. The molecule has 1 unspecified atom stereocenters. The van der Waals surface area contributed by atoms with Crippen LogP contribution in [0.2, 0.25) is 0 Å². The van der Waals surface area contributed by atoms with E-state index in [2.05, 4.69) is 52.0 Å². The standard InChI is InChI=1S/C13H22BrN3O/c1-8(18)13(5,6)17-10-7-9(14)15-11(16-10)12(2,3)4/h7-8,18H,1-6H3,(H,15,16,17). The number of hydrogen-bond acceptors (Lipinski definition) is 4. The van der Waals surface area contributed by atoms with E-state index in [0.717, 1.165) is 10.4 Å². The van der Waals surface area contributed by atoms with Crippen molar-refractivity contribution in [3.05, 3.63) is 16.5 Å². The molecule has 0 saturated heterocycles. The first-order valence-electron chi connectivity index (χ1n) is 6.03. The number of aromatic nitrogens is 2. The van der Waals surface area contributed by atoms with Crippen molar-refractivity contribution in [1.82, 2.24) is 9.97 Å². The molecule has 0 bridgehead atoms. The second-order valence-corrected chi connectivity index (χ2v) is 6.98. The summed E-state index contributed by atoms with van der Waals surface area (Å²) in [4.78, 5) is 8.89. The SMILES string of the molecule is CC(O)C(C)(C)Nc1cc(Br)nc(C(C)(C)C)n1. The van der Waals surface area contributed by atoms with Gasteiger partial charge in [0.2, 0.25) is 0 Å². The lowest BCUT2D eigenvalue weighted by Crippen LogP contribution is -2.42. The predicted octanol–water partition coefficient (Wildman–Crippen LogP) is 3.11. The van der Waals surface area contributed by atoms with Gasteiger partial charge in [0.1, 0.15) is 16.2 Å². The summed E-state index contributed by atoms with van der Waals surface area (Å²) >= 11 is 3.40. The lowest BCUT2D eigenvalue weighted by molar-refractivity contribution is 0.133. The van der Waals surface area contributed by atoms with E-state index in [0.29, 0.717) is 5.82 Å². The molecular formula is C13H22BrN3O. The molecule has 1 heterocycles. The van der Waals surface area contributed by atoms with E-state index >= 15 is 0 Å². The molecule has 0 aliphatic rings. The summed E-state index contributed by atoms with van der Waals surface area (Å²) in [6.07, 6.45) is -0.482. The van der Waals surface area contributed by atoms with Crippen molar-refractivity contribution >= 4 is 21.7 Å². The fourth-order valence-corrected chi connectivity index (χ4v) is 1.64. The highest BCUT2D eigenvalue weighted by atomic mass is 79.9. The molecule has 0 amide bonds. The van der Waals surface area contributed by atoms with Crippen molar-refractivity contribution in [2.75, 3.05) is 5.32 Å². The van der Waals surface area contributed by atoms with Crippen LogP contribution >= 0.6 is 15.9 Å². The molecule has 5 heteroatoms. The van der Waals surface area contributed by atoms with Gasteiger partial charge in [-0.3, -0.25) is 0 Å². The van der Waals surface area contributed by atoms with Crippen LogP contribution in [0.25, 0.3) is 0 Å². The van der Waals surface area contributed by atoms with Crippen molar-refractivity contribution in [2.45, 2.75) is 58.6 Å². The van der Waals surface area contributed by atoms with E-state index in [4.69, 9.17) is 0 Å². The summed E-state index contributed by atoms with van der Waals surface area (Å²) in [6, 6.07) is 1.82. The van der Waals surface area contributed by atoms with E-state index in [1.54, 1.807) is 6.92 Å². The Morgan fingerprint density at radius 3 is 2.22 bits per heavy atom. The molecule has 0 aromatic carbocycles. The molecule has 1 rings (SSSR count). The van der Waals surface area contributed by atoms with Gasteiger partial charge in [-0.15, -0.1) is 0 Å². The Morgan fingerprint density at radius 1 is 1.22 bits per heavy atom. The Hall–Kier alpha value is -0.680. The fraction of sp³-hybridized carbons (Fsp3) is 0.692. The summed E-state index contributed by atoms with van der Waals surface area (Å²) in [5, 5.41) is 13.0. The van der Waals surface area contributed by atoms with Gasteiger partial charge in [0.25, 0.3) is 0 Å². The Balaban J connectivity index is 3.08. The van der Waals surface area contributed by atoms with E-state index in [1.165, 1.54) is 0 Å². The van der Waals surface area contributed by atoms with Gasteiger partial charge < -0.3 is 10.4 Å². The Bertz CT molecular complexity index is 425. The number of nitrogens with zero attached hydrogens (tertiary/aromatic N) is 2. The van der Waals surface area contributed by atoms with Gasteiger partial charge in [-0.05, 0) is 36.7 Å². The minimum absolute atomic E-state index is 0.116. The molecule has 0 aliphatic heterocycles. The van der Waals surface area contributed by atoms with Crippen LogP contribution in [-0.2, 0) is 5.41 Å². The largest absolute Gasteiger partial charge is 0.391 e. The third-order valence-corrected chi connectivity index (χ3v) is 3.27. The molecule has 1 aromatic rings. The highest BCUT2D eigenvalue weighted by Gasteiger charge is 2.25. The number of aliphatic hydroxyl groups excluding tert-OH is 1. The predicted molar refractivity (Wildman–Crippen MR) is 77.8 cm³/mol. The van der Waals surface area contributed by atoms with E-state index in [9.17, 15) is 5.11 Å². The number of halogens is 1. The molecule has 0 fully saturated rings. The maximum absolute atomic E-state index is 9.72. The van der Waals surface area contributed by atoms with Crippen LogP contribution in [0.4, 0.5) is 5.82 Å². The van der Waals surface area contributed by atoms with Crippen LogP contribution in [0.5, 0.6) is 0 Å². The number of nitrogens with one attached hydrogen (secondary N) is 1. The highest BCUT2D eigenvalue weighted by Crippen LogP contribution is 2.24. The van der Waals surface area contributed by atoms with Crippen LogP contribution in [0.1, 0.15) is 47.4 Å². The third-order valence-electron chi connectivity index (χ3n) is 2.86. The van der Waals surface area contributed by atoms with Crippen LogP contribution in [-0.4, -0.2) is 26.7 Å². The van der Waals surface area contributed by atoms with Gasteiger partial charge >= 0.3 is 0 Å². The molecule has 4 nitrogen and oxygen atoms in total. The van der Waals surface area contributed by atoms with Gasteiger partial charge in [0.05, 0.1) is 11.6 Å². The Morgan fingerprint density at radius 2 is 1.78 bits per heavy atom. The minimum atomic E-state index is -0.482. The zero-order chi connectivity index (χ0) is 14.1. The first-order chi connectivity index (χ1) is 8.02. The van der Waals surface area contributed by atoms with E-state index < -0.39 is 11.6 Å². The summed E-state index contributed by atoms with van der Waals surface area (Å²) in [5.41, 5.74) is -0.557. The third kappa shape index (κ3) is 3.92. The van der Waals surface area contributed by atoms with E-state index in [1.807, 2.05) is 19.9 Å². The lowest BCUT2D eigenvalue weighted by atomic mass is 9.95. The fourth-order valence-electron chi connectivity index (χ4n) is 1.25. The molecule has 0 saturated carbocycles. The minimum Gasteiger partial charge on any atom is -0.391 e. The molecule has 0 spiro atoms. The molecular weight excluding hydrogens is 294 g/mol. The van der Waals surface area contributed by atoms with E-state index in [-0.39, 0.29) is 5.41 Å². The molecule has 1 aromatic heterocycles. The van der Waals surface area contributed by atoms with Crippen LogP contribution in [0.3, 0.4) is 0 Å². The van der Waals surface area contributed by atoms with Crippen LogP contribution < -0.4 is 5.32 Å². The second kappa shape index (κ2) is 5.13. The van der Waals surface area contributed by atoms with Crippen LogP contribution in [0.15, 0.2) is 10.7 Å². The molecule has 102 valence electrons. The second-order valence-electron chi connectivity index (χ2n) is 6.17. The van der Waals surface area contributed by atoms with Crippen LogP contribution in [0, 0.1) is 0 Å². The normalized spacial score (nSPS) is 14.4. The topological polar surface area (TPSA) is 58.0 Å². The summed E-state index contributed by atoms with van der Waals surface area (Å²) in [7, 11) is 0. The van der Waals surface area contributed by atoms with Crippen molar-refractivity contribution < 1.29 is 5.11 Å². The Labute approximate surface area is 117 Å². The monoisotopic (exact) mass is 315 g/mol. The molecule has 2 N–H and O–H groups in total. The first kappa shape index (κ1) is 15.4.